The largest absolute Gasteiger partial charge is 0.395 e. The van der Waals surface area contributed by atoms with E-state index >= 15 is 0 Å². The lowest BCUT2D eigenvalue weighted by molar-refractivity contribution is -0.131. The van der Waals surface area contributed by atoms with Gasteiger partial charge in [-0.1, -0.05) is 18.5 Å². The molecule has 1 radical (unpaired) electrons. The van der Waals surface area contributed by atoms with E-state index in [2.05, 4.69) is 16.9 Å². The average molecular weight is 318 g/mol. The molecular formula is C12H18ClN4O2S. The second-order valence-corrected chi connectivity index (χ2v) is 5.45. The Labute approximate surface area is 127 Å². The summed E-state index contributed by atoms with van der Waals surface area (Å²) in [6, 6.07) is 1.61. The molecule has 20 heavy (non-hydrogen) atoms. The van der Waals surface area contributed by atoms with Crippen LogP contribution in [0.2, 0.25) is 5.15 Å². The summed E-state index contributed by atoms with van der Waals surface area (Å²) in [7, 11) is 0. The first-order valence-corrected chi connectivity index (χ1v) is 7.54. The van der Waals surface area contributed by atoms with Crippen LogP contribution >= 0.6 is 23.4 Å². The Bertz CT molecular complexity index is 421. The van der Waals surface area contributed by atoms with Crippen LogP contribution in [0.1, 0.15) is 12.8 Å². The second kappa shape index (κ2) is 8.99. The van der Waals surface area contributed by atoms with Gasteiger partial charge in [-0.05, 0) is 6.42 Å². The molecular weight excluding hydrogens is 300 g/mol. The van der Waals surface area contributed by atoms with Gasteiger partial charge in [0.25, 0.3) is 0 Å². The summed E-state index contributed by atoms with van der Waals surface area (Å²) < 4.78 is 0. The number of nitrogen functional groups attached to an aromatic ring is 1. The maximum Gasteiger partial charge on any atom is 0.223 e. The Hall–Kier alpha value is -1.05. The van der Waals surface area contributed by atoms with Crippen LogP contribution in [-0.2, 0) is 4.79 Å². The minimum Gasteiger partial charge on any atom is -0.395 e. The molecule has 0 bridgehead atoms. The Morgan fingerprint density at radius 1 is 1.50 bits per heavy atom. The maximum absolute atomic E-state index is 11.9. The summed E-state index contributed by atoms with van der Waals surface area (Å²) in [5.74, 6) is 0.665. The first kappa shape index (κ1) is 17.0. The van der Waals surface area contributed by atoms with E-state index < -0.39 is 0 Å². The van der Waals surface area contributed by atoms with Gasteiger partial charge < -0.3 is 15.7 Å². The zero-order valence-electron chi connectivity index (χ0n) is 11.1. The lowest BCUT2D eigenvalue weighted by atomic mass is 10.3. The van der Waals surface area contributed by atoms with Crippen molar-refractivity contribution in [2.75, 3.05) is 31.2 Å². The number of anilines is 1. The lowest BCUT2D eigenvalue weighted by Gasteiger charge is -2.20. The van der Waals surface area contributed by atoms with E-state index in [0.717, 1.165) is 0 Å². The summed E-state index contributed by atoms with van der Waals surface area (Å²) in [5, 5.41) is 9.83. The van der Waals surface area contributed by atoms with Crippen LogP contribution in [0.5, 0.6) is 0 Å². The average Bonchev–Trinajstić information content (AvgIpc) is 2.37. The number of carbonyl (C=O) groups excluding carboxylic acids is 1. The number of halogens is 1. The smallest absolute Gasteiger partial charge is 0.223 e. The molecule has 0 aromatic carbocycles. The summed E-state index contributed by atoms with van der Waals surface area (Å²) >= 11 is 7.16. The molecule has 1 amide bonds. The van der Waals surface area contributed by atoms with Crippen LogP contribution in [0, 0.1) is 6.92 Å². The minimum absolute atomic E-state index is 0.0108. The van der Waals surface area contributed by atoms with E-state index in [1.54, 1.807) is 11.0 Å². The first-order valence-electron chi connectivity index (χ1n) is 6.17. The number of rotatable bonds is 8. The van der Waals surface area contributed by atoms with Crippen LogP contribution in [-0.4, -0.2) is 51.3 Å². The highest BCUT2D eigenvalue weighted by Gasteiger charge is 2.12. The molecule has 1 aromatic rings. The Kier molecular flexibility index (Phi) is 7.64. The molecule has 111 valence electrons. The highest BCUT2D eigenvalue weighted by Crippen LogP contribution is 2.20. The van der Waals surface area contributed by atoms with Crippen molar-refractivity contribution in [1.29, 1.82) is 0 Å². The molecule has 0 fully saturated rings. The first-order chi connectivity index (χ1) is 9.56. The minimum atomic E-state index is -0.0447. The van der Waals surface area contributed by atoms with Gasteiger partial charge in [0.2, 0.25) is 11.9 Å². The summed E-state index contributed by atoms with van der Waals surface area (Å²) in [6.45, 7) is 4.56. The molecule has 8 heteroatoms. The van der Waals surface area contributed by atoms with Crippen LogP contribution in [0.25, 0.3) is 0 Å². The highest BCUT2D eigenvalue weighted by molar-refractivity contribution is 7.99. The van der Waals surface area contributed by atoms with Crippen molar-refractivity contribution < 1.29 is 9.90 Å². The van der Waals surface area contributed by atoms with Gasteiger partial charge >= 0.3 is 0 Å². The molecule has 0 unspecified atom stereocenters. The molecule has 0 aliphatic heterocycles. The van der Waals surface area contributed by atoms with E-state index in [0.29, 0.717) is 36.7 Å². The van der Waals surface area contributed by atoms with Crippen molar-refractivity contribution >= 4 is 35.2 Å². The molecule has 0 atom stereocenters. The zero-order valence-corrected chi connectivity index (χ0v) is 12.7. The van der Waals surface area contributed by atoms with Crippen molar-refractivity contribution in [3.63, 3.8) is 0 Å². The number of aliphatic hydroxyl groups is 1. The number of nitrogens with two attached hydrogens (primary N) is 1. The molecule has 3 N–H and O–H groups in total. The number of nitrogens with zero attached hydrogens (tertiary/aromatic N) is 3. The van der Waals surface area contributed by atoms with Gasteiger partial charge in [-0.3, -0.25) is 4.79 Å². The van der Waals surface area contributed by atoms with Crippen molar-refractivity contribution in [2.24, 2.45) is 0 Å². The maximum atomic E-state index is 11.9. The Morgan fingerprint density at radius 2 is 2.25 bits per heavy atom. The number of aliphatic hydroxyl groups excluding tert-OH is 1. The SMILES string of the molecule is [CH2]CCN(CCO)C(=O)CCSc1cc(Cl)nc(N)n1. The fraction of sp³-hybridized carbons (Fsp3) is 0.500. The molecule has 1 heterocycles. The molecule has 0 aliphatic rings. The van der Waals surface area contributed by atoms with E-state index in [1.165, 1.54) is 11.8 Å². The molecule has 1 rings (SSSR count). The monoisotopic (exact) mass is 317 g/mol. The van der Waals surface area contributed by atoms with Gasteiger partial charge in [-0.25, -0.2) is 9.97 Å². The van der Waals surface area contributed by atoms with Gasteiger partial charge in [0.1, 0.15) is 10.2 Å². The van der Waals surface area contributed by atoms with Crippen molar-refractivity contribution in [1.82, 2.24) is 14.9 Å². The van der Waals surface area contributed by atoms with Crippen molar-refractivity contribution in [3.8, 4) is 0 Å². The zero-order chi connectivity index (χ0) is 15.0. The fourth-order valence-corrected chi connectivity index (χ4v) is 2.66. The number of aromatic nitrogens is 2. The standard InChI is InChI=1S/C12H18ClN4O2S/c1-2-4-17(5-6-18)11(19)3-7-20-10-8-9(13)15-12(14)16-10/h8,18H,1-7H2,(H2,14,15,16). The normalized spacial score (nSPS) is 10.6. The third-order valence-corrected chi connectivity index (χ3v) is 3.51. The van der Waals surface area contributed by atoms with Gasteiger partial charge in [0.05, 0.1) is 6.61 Å². The number of hydrogen-bond donors (Lipinski definition) is 2. The Balaban J connectivity index is 2.44. The van der Waals surface area contributed by atoms with E-state index in [9.17, 15) is 4.79 Å². The van der Waals surface area contributed by atoms with Crippen molar-refractivity contribution in [2.45, 2.75) is 17.9 Å². The fourth-order valence-electron chi connectivity index (χ4n) is 1.56. The van der Waals surface area contributed by atoms with Crippen molar-refractivity contribution in [3.05, 3.63) is 18.1 Å². The van der Waals surface area contributed by atoms with Gasteiger partial charge in [-0.2, -0.15) is 0 Å². The molecule has 0 aliphatic carbocycles. The summed E-state index contributed by atoms with van der Waals surface area (Å²) in [4.78, 5) is 21.3. The van der Waals surface area contributed by atoms with E-state index in [4.69, 9.17) is 22.4 Å². The topological polar surface area (TPSA) is 92.3 Å². The van der Waals surface area contributed by atoms with Gasteiger partial charge in [0.15, 0.2) is 0 Å². The van der Waals surface area contributed by atoms with Crippen LogP contribution in [0.4, 0.5) is 5.95 Å². The molecule has 0 saturated carbocycles. The van der Waals surface area contributed by atoms with Crippen LogP contribution in [0.15, 0.2) is 11.1 Å². The van der Waals surface area contributed by atoms with Gasteiger partial charge in [0, 0.05) is 31.3 Å². The van der Waals surface area contributed by atoms with E-state index in [1.807, 2.05) is 0 Å². The molecule has 6 nitrogen and oxygen atoms in total. The van der Waals surface area contributed by atoms with Gasteiger partial charge in [-0.15, -0.1) is 11.8 Å². The number of thioether (sulfide) groups is 1. The Morgan fingerprint density at radius 3 is 2.85 bits per heavy atom. The third kappa shape index (κ3) is 5.94. The third-order valence-electron chi connectivity index (χ3n) is 2.41. The number of carbonyl (C=O) groups is 1. The van der Waals surface area contributed by atoms with Crippen LogP contribution in [0.3, 0.4) is 0 Å². The number of hydrogen-bond acceptors (Lipinski definition) is 6. The molecule has 0 spiro atoms. The molecule has 1 aromatic heterocycles. The quantitative estimate of drug-likeness (QED) is 0.553. The highest BCUT2D eigenvalue weighted by atomic mass is 35.5. The predicted octanol–water partition coefficient (Wildman–Crippen LogP) is 1.24. The molecule has 0 saturated heterocycles. The van der Waals surface area contributed by atoms with Crippen LogP contribution < -0.4 is 5.73 Å². The number of amides is 1. The lowest BCUT2D eigenvalue weighted by Crippen LogP contribution is -2.34. The summed E-state index contributed by atoms with van der Waals surface area (Å²) in [5.41, 5.74) is 5.49. The van der Waals surface area contributed by atoms with E-state index in [-0.39, 0.29) is 23.6 Å². The summed E-state index contributed by atoms with van der Waals surface area (Å²) in [6.07, 6.45) is 0.975. The predicted molar refractivity (Wildman–Crippen MR) is 80.4 cm³/mol. The second-order valence-electron chi connectivity index (χ2n) is 3.94.